The van der Waals surface area contributed by atoms with Crippen LogP contribution in [0.2, 0.25) is 5.02 Å². The number of benzene rings is 1. The molecule has 3 fully saturated rings. The summed E-state index contributed by atoms with van der Waals surface area (Å²) in [6, 6.07) is 10.4. The largest absolute Gasteiger partial charge is 0.323 e. The molecule has 0 bridgehead atoms. The van der Waals surface area contributed by atoms with Crippen LogP contribution in [-0.2, 0) is 6.54 Å². The van der Waals surface area contributed by atoms with Crippen LogP contribution in [0.3, 0.4) is 0 Å². The number of piperazine rings is 1. The van der Waals surface area contributed by atoms with Gasteiger partial charge in [-0.05, 0) is 25.0 Å². The Morgan fingerprint density at radius 3 is 2.43 bits per heavy atom. The Kier molecular flexibility index (Phi) is 4.93. The van der Waals surface area contributed by atoms with Crippen molar-refractivity contribution in [3.8, 4) is 0 Å². The van der Waals surface area contributed by atoms with Gasteiger partial charge in [-0.3, -0.25) is 0 Å². The van der Waals surface area contributed by atoms with Crippen LogP contribution in [0.4, 0.5) is 0 Å². The lowest BCUT2D eigenvalue weighted by atomic mass is 9.78. The van der Waals surface area contributed by atoms with E-state index < -0.39 is 0 Å². The van der Waals surface area contributed by atoms with Crippen molar-refractivity contribution >= 4 is 11.6 Å². The minimum atomic E-state index is 0.859. The SMILES string of the molecule is Clc1ccc(C[NH+]2CC[NH+]3CCC[C@@H]3[C@@H]2C2CCCCC2)cc1. The quantitative estimate of drug-likeness (QED) is 0.833. The van der Waals surface area contributed by atoms with Gasteiger partial charge in [0.05, 0.1) is 6.54 Å². The molecule has 1 saturated carbocycles. The summed E-state index contributed by atoms with van der Waals surface area (Å²) in [6.07, 6.45) is 10.3. The molecule has 0 spiro atoms. The molecule has 23 heavy (non-hydrogen) atoms. The van der Waals surface area contributed by atoms with Crippen molar-refractivity contribution in [2.45, 2.75) is 63.6 Å². The highest BCUT2D eigenvalue weighted by Gasteiger charge is 2.49. The monoisotopic (exact) mass is 334 g/mol. The molecule has 4 atom stereocenters. The Balaban J connectivity index is 1.53. The average molecular weight is 335 g/mol. The number of halogens is 1. The van der Waals surface area contributed by atoms with E-state index in [0.29, 0.717) is 0 Å². The summed E-state index contributed by atoms with van der Waals surface area (Å²) < 4.78 is 0. The molecule has 4 rings (SSSR count). The molecule has 0 radical (unpaired) electrons. The van der Waals surface area contributed by atoms with Crippen molar-refractivity contribution < 1.29 is 9.80 Å². The third kappa shape index (κ3) is 3.45. The molecule has 2 nitrogen and oxygen atoms in total. The third-order valence-electron chi connectivity index (χ3n) is 6.71. The predicted molar refractivity (Wildman–Crippen MR) is 95.1 cm³/mol. The Hall–Kier alpha value is -0.570. The second-order valence-corrected chi connectivity index (χ2v) is 8.48. The Morgan fingerprint density at radius 1 is 0.870 bits per heavy atom. The number of hydrogen-bond acceptors (Lipinski definition) is 0. The minimum absolute atomic E-state index is 0.859. The smallest absolute Gasteiger partial charge is 0.143 e. The van der Waals surface area contributed by atoms with E-state index in [1.807, 2.05) is 9.80 Å². The summed E-state index contributed by atoms with van der Waals surface area (Å²) in [6.45, 7) is 5.37. The van der Waals surface area contributed by atoms with Crippen molar-refractivity contribution in [2.75, 3.05) is 19.6 Å². The van der Waals surface area contributed by atoms with Gasteiger partial charge in [0.2, 0.25) is 0 Å². The van der Waals surface area contributed by atoms with Gasteiger partial charge in [0.15, 0.2) is 0 Å². The normalized spacial score (nSPS) is 35.2. The van der Waals surface area contributed by atoms with Gasteiger partial charge in [0.1, 0.15) is 31.7 Å². The minimum Gasteiger partial charge on any atom is -0.323 e. The van der Waals surface area contributed by atoms with Crippen LogP contribution in [0.15, 0.2) is 24.3 Å². The fraction of sp³-hybridized carbons (Fsp3) is 0.700. The van der Waals surface area contributed by atoms with Crippen LogP contribution in [0.5, 0.6) is 0 Å². The van der Waals surface area contributed by atoms with Gasteiger partial charge < -0.3 is 9.80 Å². The molecule has 2 N–H and O–H groups in total. The third-order valence-corrected chi connectivity index (χ3v) is 6.96. The maximum Gasteiger partial charge on any atom is 0.143 e. The van der Waals surface area contributed by atoms with Gasteiger partial charge in [0.25, 0.3) is 0 Å². The predicted octanol–water partition coefficient (Wildman–Crippen LogP) is 1.73. The van der Waals surface area contributed by atoms with Gasteiger partial charge in [-0.2, -0.15) is 0 Å². The molecule has 3 heteroatoms. The topological polar surface area (TPSA) is 8.88 Å². The molecule has 2 aliphatic heterocycles. The van der Waals surface area contributed by atoms with E-state index in [1.165, 1.54) is 76.7 Å². The highest BCUT2D eigenvalue weighted by molar-refractivity contribution is 6.30. The van der Waals surface area contributed by atoms with Crippen molar-refractivity contribution in [2.24, 2.45) is 5.92 Å². The van der Waals surface area contributed by atoms with Crippen LogP contribution in [0.25, 0.3) is 0 Å². The van der Waals surface area contributed by atoms with Gasteiger partial charge >= 0.3 is 0 Å². The Labute approximate surface area is 145 Å². The summed E-state index contributed by atoms with van der Waals surface area (Å²) in [4.78, 5) is 3.80. The van der Waals surface area contributed by atoms with Gasteiger partial charge in [0, 0.05) is 29.3 Å². The molecule has 0 amide bonds. The first-order valence-electron chi connectivity index (χ1n) is 9.75. The number of nitrogens with one attached hydrogen (secondary N) is 2. The number of hydrogen-bond donors (Lipinski definition) is 2. The van der Waals surface area contributed by atoms with Gasteiger partial charge in [-0.25, -0.2) is 0 Å². The lowest BCUT2D eigenvalue weighted by Crippen LogP contribution is -3.32. The highest BCUT2D eigenvalue weighted by atomic mass is 35.5. The van der Waals surface area contributed by atoms with Gasteiger partial charge in [-0.15, -0.1) is 0 Å². The van der Waals surface area contributed by atoms with E-state index in [9.17, 15) is 0 Å². The molecule has 2 unspecified atom stereocenters. The molecule has 3 aliphatic rings. The summed E-state index contributed by atoms with van der Waals surface area (Å²) in [5.74, 6) is 0.976. The maximum atomic E-state index is 6.07. The first-order valence-corrected chi connectivity index (χ1v) is 10.1. The average Bonchev–Trinajstić information content (AvgIpc) is 3.06. The fourth-order valence-electron chi connectivity index (χ4n) is 5.68. The summed E-state index contributed by atoms with van der Waals surface area (Å²) in [5, 5.41) is 0.859. The van der Waals surface area contributed by atoms with Crippen LogP contribution in [-0.4, -0.2) is 31.7 Å². The Bertz CT molecular complexity index is 509. The van der Waals surface area contributed by atoms with Crippen LogP contribution in [0.1, 0.15) is 50.5 Å². The van der Waals surface area contributed by atoms with Crippen molar-refractivity contribution in [3.05, 3.63) is 34.9 Å². The standard InChI is InChI=1S/C20H29ClN2/c21-18-10-8-16(9-11-18)15-23-14-13-22-12-4-7-19(22)20(23)17-5-2-1-3-6-17/h8-11,17,19-20H,1-7,12-15H2/p+2/t19-,20+/m1/s1. The number of rotatable bonds is 3. The van der Waals surface area contributed by atoms with E-state index in [4.69, 9.17) is 11.6 Å². The molecule has 1 aromatic carbocycles. The molecule has 1 aromatic rings. The van der Waals surface area contributed by atoms with Crippen molar-refractivity contribution in [3.63, 3.8) is 0 Å². The first-order chi connectivity index (χ1) is 11.3. The van der Waals surface area contributed by atoms with Crippen LogP contribution >= 0.6 is 11.6 Å². The molecular weight excluding hydrogens is 304 g/mol. The lowest BCUT2D eigenvalue weighted by Gasteiger charge is -2.44. The fourth-order valence-corrected chi connectivity index (χ4v) is 5.81. The second-order valence-electron chi connectivity index (χ2n) is 8.04. The second kappa shape index (κ2) is 7.13. The zero-order chi connectivity index (χ0) is 15.6. The highest BCUT2D eigenvalue weighted by Crippen LogP contribution is 2.28. The van der Waals surface area contributed by atoms with Crippen molar-refractivity contribution in [1.29, 1.82) is 0 Å². The maximum absolute atomic E-state index is 6.07. The molecule has 1 aliphatic carbocycles. The van der Waals surface area contributed by atoms with Crippen molar-refractivity contribution in [1.82, 2.24) is 0 Å². The van der Waals surface area contributed by atoms with Gasteiger partial charge in [-0.1, -0.05) is 43.0 Å². The van der Waals surface area contributed by atoms with E-state index >= 15 is 0 Å². The van der Waals surface area contributed by atoms with E-state index in [2.05, 4.69) is 24.3 Å². The zero-order valence-electron chi connectivity index (χ0n) is 14.2. The first kappa shape index (κ1) is 15.9. The van der Waals surface area contributed by atoms with E-state index in [1.54, 1.807) is 0 Å². The molecular formula is C20H31ClN2+2. The number of fused-ring (bicyclic) bond motifs is 1. The number of quaternary nitrogens is 2. The van der Waals surface area contributed by atoms with Crippen LogP contribution < -0.4 is 9.80 Å². The molecule has 2 heterocycles. The van der Waals surface area contributed by atoms with E-state index in [-0.39, 0.29) is 0 Å². The molecule has 126 valence electrons. The Morgan fingerprint density at radius 2 is 1.65 bits per heavy atom. The summed E-state index contributed by atoms with van der Waals surface area (Å²) >= 11 is 6.07. The van der Waals surface area contributed by atoms with E-state index in [0.717, 1.165) is 23.0 Å². The summed E-state index contributed by atoms with van der Waals surface area (Å²) in [7, 11) is 0. The lowest BCUT2D eigenvalue weighted by molar-refractivity contribution is -1.05. The molecule has 0 aromatic heterocycles. The molecule has 2 saturated heterocycles. The summed E-state index contributed by atoms with van der Waals surface area (Å²) in [5.41, 5.74) is 1.46. The zero-order valence-corrected chi connectivity index (χ0v) is 15.0. The van der Waals surface area contributed by atoms with Crippen LogP contribution in [0, 0.1) is 5.92 Å².